The van der Waals surface area contributed by atoms with Crippen molar-refractivity contribution in [2.45, 2.75) is 26.5 Å². The molecule has 0 N–H and O–H groups in total. The maximum atomic E-state index is 15.8. The Bertz CT molecular complexity index is 2070. The predicted octanol–water partition coefficient (Wildman–Crippen LogP) is 8.61. The summed E-state index contributed by atoms with van der Waals surface area (Å²) >= 11 is 0. The number of aryl methyl sites for hydroxylation is 2. The first-order valence-corrected chi connectivity index (χ1v) is 11.5. The fraction of sp³-hybridized carbons (Fsp3) is 0.156. The molecule has 0 aliphatic rings. The van der Waals surface area contributed by atoms with Crippen molar-refractivity contribution in [2.24, 2.45) is 7.05 Å². The average Bonchev–Trinajstić information content (AvgIpc) is 3.30. The van der Waals surface area contributed by atoms with Crippen LogP contribution in [0.5, 0.6) is 0 Å². The smallest absolute Gasteiger partial charge is 0.219 e. The molecule has 0 saturated heterocycles. The molecule has 0 bridgehead atoms. The van der Waals surface area contributed by atoms with Gasteiger partial charge in [0.25, 0.3) is 0 Å². The summed E-state index contributed by atoms with van der Waals surface area (Å²) in [7, 11) is 1.51. The molecule has 178 valence electrons. The molecule has 2 nitrogen and oxygen atoms in total. The maximum Gasteiger partial charge on any atom is 0.219 e. The Hall–Kier alpha value is -4.05. The number of furan rings is 1. The van der Waals surface area contributed by atoms with Gasteiger partial charge in [-0.3, -0.25) is 0 Å². The molecule has 2 aromatic heterocycles. The van der Waals surface area contributed by atoms with E-state index in [0.717, 1.165) is 23.0 Å². The van der Waals surface area contributed by atoms with Crippen LogP contribution in [0.15, 0.2) is 83.4 Å². The average molecular weight is 486 g/mol. The van der Waals surface area contributed by atoms with E-state index in [9.17, 15) is 0 Å². The summed E-state index contributed by atoms with van der Waals surface area (Å²) in [4.78, 5) is 0. The summed E-state index contributed by atoms with van der Waals surface area (Å²) in [6.45, 7) is -4.89. The van der Waals surface area contributed by atoms with Gasteiger partial charge in [-0.2, -0.15) is 0 Å². The number of pyridine rings is 1. The number of rotatable bonds is 3. The van der Waals surface area contributed by atoms with Crippen molar-refractivity contribution in [3.8, 4) is 22.4 Å². The van der Waals surface area contributed by atoms with Crippen LogP contribution >= 0.6 is 0 Å². The van der Waals surface area contributed by atoms with Crippen molar-refractivity contribution < 1.29 is 27.4 Å². The van der Waals surface area contributed by atoms with Gasteiger partial charge in [-0.1, -0.05) is 62.2 Å². The van der Waals surface area contributed by atoms with Crippen LogP contribution in [0, 0.1) is 18.6 Å². The largest absolute Gasteiger partial charge is 0.454 e. The SMILES string of the molecule is [2H]C([2H])([2H])C([2H])(c1c[n+](C)c(-c2c(C)ccc3c2oc2c(-c4ccc5ccccc5c4)c(F)ccc23)cc1F)C([2H])([2H])[2H]. The minimum absolute atomic E-state index is 0.259. The van der Waals surface area contributed by atoms with E-state index in [1.54, 1.807) is 13.0 Å². The van der Waals surface area contributed by atoms with Gasteiger partial charge in [0, 0.05) is 26.4 Å². The van der Waals surface area contributed by atoms with E-state index < -0.39 is 36.8 Å². The van der Waals surface area contributed by atoms with Gasteiger partial charge in [-0.15, -0.1) is 0 Å². The Morgan fingerprint density at radius 1 is 0.833 bits per heavy atom. The molecule has 0 amide bonds. The molecule has 0 aliphatic heterocycles. The summed E-state index contributed by atoms with van der Waals surface area (Å²) < 4.78 is 94.2. The Morgan fingerprint density at radius 3 is 2.33 bits per heavy atom. The highest BCUT2D eigenvalue weighted by atomic mass is 19.1. The van der Waals surface area contributed by atoms with Crippen molar-refractivity contribution in [3.05, 3.63) is 102 Å². The number of benzene rings is 4. The molecule has 0 atom stereocenters. The number of halogens is 2. The van der Waals surface area contributed by atoms with Gasteiger partial charge >= 0.3 is 0 Å². The van der Waals surface area contributed by atoms with E-state index in [-0.39, 0.29) is 11.3 Å². The molecule has 0 spiro atoms. The summed E-state index contributed by atoms with van der Waals surface area (Å²) in [5.41, 5.74) is 2.21. The molecule has 0 unspecified atom stereocenters. The molecule has 6 rings (SSSR count). The number of nitrogens with zero attached hydrogens (tertiary/aromatic N) is 1. The molecule has 4 heteroatoms. The molecular formula is C32H26F2NO+. The molecule has 0 radical (unpaired) electrons. The van der Waals surface area contributed by atoms with Gasteiger partial charge in [0.2, 0.25) is 5.69 Å². The zero-order valence-electron chi connectivity index (χ0n) is 26.6. The van der Waals surface area contributed by atoms with Gasteiger partial charge in [0.05, 0.1) is 16.7 Å². The first-order valence-electron chi connectivity index (χ1n) is 15.0. The fourth-order valence-electron chi connectivity index (χ4n) is 4.97. The molecule has 2 heterocycles. The van der Waals surface area contributed by atoms with Crippen LogP contribution in [0.1, 0.15) is 40.3 Å². The van der Waals surface area contributed by atoms with Crippen LogP contribution in [-0.4, -0.2) is 0 Å². The highest BCUT2D eigenvalue weighted by Crippen LogP contribution is 2.42. The van der Waals surface area contributed by atoms with Crippen molar-refractivity contribution >= 4 is 32.7 Å². The van der Waals surface area contributed by atoms with E-state index in [4.69, 9.17) is 14.0 Å². The Labute approximate surface area is 218 Å². The van der Waals surface area contributed by atoms with Gasteiger partial charge < -0.3 is 4.42 Å². The summed E-state index contributed by atoms with van der Waals surface area (Å²) in [5.74, 6) is -4.82. The van der Waals surface area contributed by atoms with Gasteiger partial charge in [-0.25, -0.2) is 13.3 Å². The van der Waals surface area contributed by atoms with E-state index >= 15 is 8.78 Å². The van der Waals surface area contributed by atoms with Crippen LogP contribution < -0.4 is 4.57 Å². The first kappa shape index (κ1) is 15.8. The van der Waals surface area contributed by atoms with E-state index in [1.165, 1.54) is 17.7 Å². The van der Waals surface area contributed by atoms with Crippen molar-refractivity contribution in [1.29, 1.82) is 0 Å². The van der Waals surface area contributed by atoms with Crippen molar-refractivity contribution in [3.63, 3.8) is 0 Å². The third-order valence-electron chi connectivity index (χ3n) is 6.75. The standard InChI is InChI=1S/C32H26F2NO/c1-18(2)25-17-35(4)28(16-27(25)34)29-19(3)9-12-23-24-13-14-26(33)30(32(24)36-31(23)29)22-11-10-20-7-5-6-8-21(20)15-22/h5-18H,1-4H3/q+1/i1D3,2D3,18D. The van der Waals surface area contributed by atoms with E-state index in [0.29, 0.717) is 38.6 Å². The lowest BCUT2D eigenvalue weighted by Crippen LogP contribution is -2.32. The number of fused-ring (bicyclic) bond motifs is 4. The topological polar surface area (TPSA) is 17.0 Å². The summed E-state index contributed by atoms with van der Waals surface area (Å²) in [5, 5.41) is 3.25. The second-order valence-corrected chi connectivity index (χ2v) is 9.00. The fourth-order valence-corrected chi connectivity index (χ4v) is 4.97. The minimum atomic E-state index is -3.34. The lowest BCUT2D eigenvalue weighted by molar-refractivity contribution is -0.661. The maximum absolute atomic E-state index is 15.8. The van der Waals surface area contributed by atoms with Crippen LogP contribution in [0.25, 0.3) is 55.1 Å². The molecule has 0 fully saturated rings. The lowest BCUT2D eigenvalue weighted by atomic mass is 9.97. The van der Waals surface area contributed by atoms with Gasteiger partial charge in [0.15, 0.2) is 6.20 Å². The Kier molecular flexibility index (Phi) is 3.64. The Morgan fingerprint density at radius 2 is 1.56 bits per heavy atom. The first-order chi connectivity index (χ1) is 20.1. The quantitative estimate of drug-likeness (QED) is 0.229. The minimum Gasteiger partial charge on any atom is -0.454 e. The monoisotopic (exact) mass is 485 g/mol. The van der Waals surface area contributed by atoms with Gasteiger partial charge in [0.1, 0.15) is 29.8 Å². The van der Waals surface area contributed by atoms with Crippen LogP contribution in [-0.2, 0) is 7.05 Å². The second kappa shape index (κ2) is 8.27. The van der Waals surface area contributed by atoms with Crippen molar-refractivity contribution in [2.75, 3.05) is 0 Å². The normalized spacial score (nSPS) is 15.7. The van der Waals surface area contributed by atoms with E-state index in [2.05, 4.69) is 0 Å². The second-order valence-electron chi connectivity index (χ2n) is 9.00. The van der Waals surface area contributed by atoms with Crippen LogP contribution in [0.4, 0.5) is 8.78 Å². The van der Waals surface area contributed by atoms with E-state index in [1.807, 2.05) is 54.6 Å². The Balaban J connectivity index is 1.61. The molecule has 0 aliphatic carbocycles. The highest BCUT2D eigenvalue weighted by molar-refractivity contribution is 6.13. The highest BCUT2D eigenvalue weighted by Gasteiger charge is 2.25. The van der Waals surface area contributed by atoms with Gasteiger partial charge in [-0.05, 0) is 52.9 Å². The molecule has 6 aromatic rings. The number of hydrogen-bond donors (Lipinski definition) is 0. The van der Waals surface area contributed by atoms with Crippen molar-refractivity contribution in [1.82, 2.24) is 0 Å². The summed E-state index contributed by atoms with van der Waals surface area (Å²) in [6.07, 6.45) is 1.04. The molecule has 4 aromatic carbocycles. The zero-order chi connectivity index (χ0) is 31.1. The number of aromatic nitrogens is 1. The van der Waals surface area contributed by atoms with Crippen LogP contribution in [0.2, 0.25) is 0 Å². The predicted molar refractivity (Wildman–Crippen MR) is 142 cm³/mol. The molecule has 0 saturated carbocycles. The third-order valence-corrected chi connectivity index (χ3v) is 6.75. The third kappa shape index (κ3) is 3.40. The molecular weight excluding hydrogens is 452 g/mol. The molecule has 36 heavy (non-hydrogen) atoms. The lowest BCUT2D eigenvalue weighted by Gasteiger charge is -2.09. The summed E-state index contributed by atoms with van der Waals surface area (Å²) in [6, 6.07) is 21.1. The number of hydrogen-bond acceptors (Lipinski definition) is 1. The van der Waals surface area contributed by atoms with Crippen LogP contribution in [0.3, 0.4) is 0 Å². The zero-order valence-corrected chi connectivity index (χ0v) is 19.6.